The van der Waals surface area contributed by atoms with Crippen LogP contribution in [-0.4, -0.2) is 47.7 Å². The van der Waals surface area contributed by atoms with Crippen molar-refractivity contribution in [2.24, 2.45) is 5.73 Å². The number of aromatic amines is 1. The maximum absolute atomic E-state index is 12.1. The first-order valence-electron chi connectivity index (χ1n) is 7.27. The summed E-state index contributed by atoms with van der Waals surface area (Å²) in [5.74, 6) is -0.135. The number of amides is 1. The Morgan fingerprint density at radius 1 is 1.48 bits per heavy atom. The first-order valence-corrected chi connectivity index (χ1v) is 8.88. The average molecular weight is 314 g/mol. The summed E-state index contributed by atoms with van der Waals surface area (Å²) in [4.78, 5) is 11.0. The summed E-state index contributed by atoms with van der Waals surface area (Å²) in [6.07, 6.45) is 3.03. The van der Waals surface area contributed by atoms with Crippen LogP contribution in [0.2, 0.25) is 0 Å². The number of hydrogen-bond acceptors (Lipinski definition) is 4. The zero-order valence-corrected chi connectivity index (χ0v) is 13.0. The molecule has 21 heavy (non-hydrogen) atoms. The normalized spacial score (nSPS) is 18.0. The number of carbonyl (C=O) groups excluding carboxylic acids is 1. The maximum atomic E-state index is 12.1. The lowest BCUT2D eigenvalue weighted by Crippen LogP contribution is -2.39. The van der Waals surface area contributed by atoms with Gasteiger partial charge < -0.3 is 5.73 Å². The first kappa shape index (κ1) is 16.0. The monoisotopic (exact) mass is 314 g/mol. The van der Waals surface area contributed by atoms with E-state index in [1.165, 1.54) is 0 Å². The zero-order valence-electron chi connectivity index (χ0n) is 12.2. The first-order chi connectivity index (χ1) is 9.94. The summed E-state index contributed by atoms with van der Waals surface area (Å²) in [7, 11) is -3.13. The molecule has 0 spiro atoms. The number of nitrogens with two attached hydrogens (primary N) is 1. The predicted molar refractivity (Wildman–Crippen MR) is 79.3 cm³/mol. The Hall–Kier alpha value is -1.41. The summed E-state index contributed by atoms with van der Waals surface area (Å²) < 4.78 is 25.8. The highest BCUT2D eigenvalue weighted by molar-refractivity contribution is 7.89. The van der Waals surface area contributed by atoms with Gasteiger partial charge in [0, 0.05) is 24.7 Å². The second-order valence-electron chi connectivity index (χ2n) is 5.42. The molecule has 0 saturated carbocycles. The molecule has 0 unspecified atom stereocenters. The van der Waals surface area contributed by atoms with Gasteiger partial charge >= 0.3 is 0 Å². The number of H-pyrrole nitrogens is 1. The molecule has 1 fully saturated rings. The van der Waals surface area contributed by atoms with E-state index in [0.717, 1.165) is 25.0 Å². The van der Waals surface area contributed by atoms with E-state index in [1.807, 2.05) is 6.92 Å². The minimum Gasteiger partial charge on any atom is -0.364 e. The number of rotatable bonds is 6. The molecule has 1 amide bonds. The zero-order chi connectivity index (χ0) is 15.5. The van der Waals surface area contributed by atoms with Gasteiger partial charge in [-0.15, -0.1) is 0 Å². The molecule has 1 saturated heterocycles. The van der Waals surface area contributed by atoms with Crippen molar-refractivity contribution in [1.29, 1.82) is 0 Å². The lowest BCUT2D eigenvalue weighted by Gasteiger charge is -2.30. The molecule has 1 aromatic rings. The Kier molecular flexibility index (Phi) is 5.00. The Balaban J connectivity index is 1.95. The number of nitrogens with one attached hydrogen (secondary N) is 1. The van der Waals surface area contributed by atoms with Gasteiger partial charge in [-0.25, -0.2) is 12.7 Å². The average Bonchev–Trinajstić information content (AvgIpc) is 2.95. The standard InChI is InChI=1S/C13H22N4O3S/c1-2-3-8-21(19,20)17-6-4-10(5-7-17)11-9-12(13(14)18)16-15-11/h9-10H,2-8H2,1H3,(H2,14,18)(H,15,16). The molecule has 2 rings (SSSR count). The van der Waals surface area contributed by atoms with Crippen molar-refractivity contribution in [1.82, 2.24) is 14.5 Å². The van der Waals surface area contributed by atoms with E-state index in [0.29, 0.717) is 19.5 Å². The highest BCUT2D eigenvalue weighted by Crippen LogP contribution is 2.28. The molecule has 0 bridgehead atoms. The second-order valence-corrected chi connectivity index (χ2v) is 7.50. The summed E-state index contributed by atoms with van der Waals surface area (Å²) in [6.45, 7) is 3.01. The molecule has 1 aliphatic heterocycles. The molecule has 0 aromatic carbocycles. The number of carbonyl (C=O) groups is 1. The Morgan fingerprint density at radius 3 is 2.67 bits per heavy atom. The lowest BCUT2D eigenvalue weighted by molar-refractivity contribution is 0.0995. The van der Waals surface area contributed by atoms with E-state index in [-0.39, 0.29) is 17.4 Å². The molecular weight excluding hydrogens is 292 g/mol. The molecule has 1 aliphatic rings. The minimum atomic E-state index is -3.13. The molecule has 0 radical (unpaired) electrons. The SMILES string of the molecule is CCCCS(=O)(=O)N1CCC(c2cc(C(N)=O)n[nH]2)CC1. The van der Waals surface area contributed by atoms with Gasteiger partial charge in [-0.3, -0.25) is 9.89 Å². The van der Waals surface area contributed by atoms with Gasteiger partial charge in [0.15, 0.2) is 0 Å². The van der Waals surface area contributed by atoms with Crippen LogP contribution in [0, 0.1) is 0 Å². The van der Waals surface area contributed by atoms with Crippen LogP contribution in [0.25, 0.3) is 0 Å². The molecule has 0 atom stereocenters. The van der Waals surface area contributed by atoms with Crippen molar-refractivity contribution in [3.05, 3.63) is 17.5 Å². The summed E-state index contributed by atoms with van der Waals surface area (Å²) in [6, 6.07) is 1.66. The van der Waals surface area contributed by atoms with Gasteiger partial charge in [0.1, 0.15) is 5.69 Å². The number of primary amides is 1. The van der Waals surface area contributed by atoms with Crippen molar-refractivity contribution < 1.29 is 13.2 Å². The van der Waals surface area contributed by atoms with Crippen LogP contribution in [0.4, 0.5) is 0 Å². The number of aromatic nitrogens is 2. The largest absolute Gasteiger partial charge is 0.364 e. The van der Waals surface area contributed by atoms with Crippen LogP contribution < -0.4 is 5.73 Å². The van der Waals surface area contributed by atoms with Gasteiger partial charge in [-0.1, -0.05) is 13.3 Å². The van der Waals surface area contributed by atoms with Gasteiger partial charge in [-0.05, 0) is 25.3 Å². The third kappa shape index (κ3) is 3.82. The van der Waals surface area contributed by atoms with E-state index < -0.39 is 15.9 Å². The Bertz CT molecular complexity index is 588. The predicted octanol–water partition coefficient (Wildman–Crippen LogP) is 0.818. The van der Waals surface area contributed by atoms with Crippen LogP contribution in [0.3, 0.4) is 0 Å². The highest BCUT2D eigenvalue weighted by Gasteiger charge is 2.29. The van der Waals surface area contributed by atoms with E-state index in [4.69, 9.17) is 5.73 Å². The van der Waals surface area contributed by atoms with Crippen molar-refractivity contribution in [2.75, 3.05) is 18.8 Å². The van der Waals surface area contributed by atoms with Crippen LogP contribution in [0.5, 0.6) is 0 Å². The van der Waals surface area contributed by atoms with Crippen molar-refractivity contribution in [3.63, 3.8) is 0 Å². The van der Waals surface area contributed by atoms with E-state index in [9.17, 15) is 13.2 Å². The fourth-order valence-corrected chi connectivity index (χ4v) is 4.25. The topological polar surface area (TPSA) is 109 Å². The summed E-state index contributed by atoms with van der Waals surface area (Å²) in [5.41, 5.74) is 6.25. The smallest absolute Gasteiger partial charge is 0.269 e. The molecule has 118 valence electrons. The number of hydrogen-bond donors (Lipinski definition) is 2. The second kappa shape index (κ2) is 6.57. The van der Waals surface area contributed by atoms with Crippen LogP contribution in [-0.2, 0) is 10.0 Å². The summed E-state index contributed by atoms with van der Waals surface area (Å²) >= 11 is 0. The third-order valence-corrected chi connectivity index (χ3v) is 5.85. The minimum absolute atomic E-state index is 0.197. The maximum Gasteiger partial charge on any atom is 0.269 e. The van der Waals surface area contributed by atoms with Crippen LogP contribution in [0.1, 0.15) is 54.7 Å². The van der Waals surface area contributed by atoms with Crippen molar-refractivity contribution in [2.45, 2.75) is 38.5 Å². The Labute approximate surface area is 124 Å². The number of nitrogens with zero attached hydrogens (tertiary/aromatic N) is 2. The van der Waals surface area contributed by atoms with Gasteiger partial charge in [0.2, 0.25) is 10.0 Å². The Morgan fingerprint density at radius 2 is 2.14 bits per heavy atom. The molecule has 8 heteroatoms. The molecular formula is C13H22N4O3S. The van der Waals surface area contributed by atoms with Crippen LogP contribution >= 0.6 is 0 Å². The fraction of sp³-hybridized carbons (Fsp3) is 0.692. The van der Waals surface area contributed by atoms with E-state index in [1.54, 1.807) is 10.4 Å². The van der Waals surface area contributed by atoms with E-state index in [2.05, 4.69) is 10.2 Å². The van der Waals surface area contributed by atoms with Crippen molar-refractivity contribution in [3.8, 4) is 0 Å². The fourth-order valence-electron chi connectivity index (χ4n) is 2.57. The quantitative estimate of drug-likeness (QED) is 0.810. The number of sulfonamides is 1. The third-order valence-electron chi connectivity index (χ3n) is 3.89. The molecule has 1 aromatic heterocycles. The lowest BCUT2D eigenvalue weighted by atomic mass is 9.94. The molecule has 2 heterocycles. The molecule has 0 aliphatic carbocycles. The number of unbranched alkanes of at least 4 members (excludes halogenated alkanes) is 1. The highest BCUT2D eigenvalue weighted by atomic mass is 32.2. The number of piperidine rings is 1. The molecule has 3 N–H and O–H groups in total. The van der Waals surface area contributed by atoms with Crippen LogP contribution in [0.15, 0.2) is 6.07 Å². The summed E-state index contributed by atoms with van der Waals surface area (Å²) in [5, 5.41) is 6.69. The van der Waals surface area contributed by atoms with Crippen molar-refractivity contribution >= 4 is 15.9 Å². The van der Waals surface area contributed by atoms with Gasteiger partial charge in [0.25, 0.3) is 5.91 Å². The van der Waals surface area contributed by atoms with Gasteiger partial charge in [0.05, 0.1) is 5.75 Å². The van der Waals surface area contributed by atoms with Gasteiger partial charge in [-0.2, -0.15) is 5.10 Å². The van der Waals surface area contributed by atoms with E-state index >= 15 is 0 Å². The molecule has 7 nitrogen and oxygen atoms in total.